The number of ether oxygens (including phenoxy) is 7. The standard InChI is InChI=1S/C25H25NO7.C19H17NO4.C6H10O4/c1-2-30-25(29)20-21(33-19-14-32-22-18(27)13-31-23(19)22)16-10-6-7-11-17(16)26(24(20)28)12-15-8-4-3-5-9-15;1-2-24-19(23)16-17(21)14-10-6-7-11-15(14)20(18(16)22)12-13-8-4-3-5-9-13;7-3-1-9-6-4(8)2-10-5(3)6/h3-11,18-19,22-23,27H,2,12-14H2,1H3;3-11,21H,2,12H2,1H3;3-8H,1-2H2/t18-,19?,22+,23+;;3-,4?,5+,6+/m0.0/s1. The molecule has 6 aromatic rings. The van der Waals surface area contributed by atoms with Gasteiger partial charge in [-0.2, -0.15) is 0 Å². The van der Waals surface area contributed by atoms with Crippen LogP contribution in [0.4, 0.5) is 0 Å². The first-order chi connectivity index (χ1) is 32.5. The molecule has 2 unspecified atom stereocenters. The van der Waals surface area contributed by atoms with Crippen molar-refractivity contribution in [2.45, 2.75) is 75.8 Å². The average Bonchev–Trinajstić information content (AvgIpc) is 4.13. The summed E-state index contributed by atoms with van der Waals surface area (Å²) in [7, 11) is 0. The van der Waals surface area contributed by atoms with E-state index in [1.54, 1.807) is 42.7 Å². The predicted octanol–water partition coefficient (Wildman–Crippen LogP) is 3.57. The van der Waals surface area contributed by atoms with Gasteiger partial charge in [-0.25, -0.2) is 9.59 Å². The van der Waals surface area contributed by atoms with Crippen molar-refractivity contribution in [3.63, 3.8) is 0 Å². The maximum absolute atomic E-state index is 13.7. The first-order valence-corrected chi connectivity index (χ1v) is 22.1. The van der Waals surface area contributed by atoms with Gasteiger partial charge in [-0.05, 0) is 49.2 Å². The first kappa shape index (κ1) is 47.1. The maximum Gasteiger partial charge on any atom is 0.347 e. The minimum Gasteiger partial charge on any atom is -0.506 e. The van der Waals surface area contributed by atoms with Crippen LogP contribution in [0.1, 0.15) is 45.7 Å². The zero-order chi connectivity index (χ0) is 47.2. The van der Waals surface area contributed by atoms with Crippen LogP contribution < -0.4 is 15.9 Å². The highest BCUT2D eigenvalue weighted by atomic mass is 16.6. The summed E-state index contributed by atoms with van der Waals surface area (Å²) in [5.74, 6) is -1.74. The number of nitrogens with zero attached hydrogens (tertiary/aromatic N) is 2. The van der Waals surface area contributed by atoms with Gasteiger partial charge in [-0.3, -0.25) is 9.59 Å². The zero-order valence-corrected chi connectivity index (χ0v) is 36.8. The summed E-state index contributed by atoms with van der Waals surface area (Å²) < 4.78 is 41.0. The second kappa shape index (κ2) is 21.0. The summed E-state index contributed by atoms with van der Waals surface area (Å²) in [5, 5.41) is 39.8. The van der Waals surface area contributed by atoms with E-state index in [1.165, 1.54) is 4.57 Å². The predicted molar refractivity (Wildman–Crippen MR) is 242 cm³/mol. The number of aromatic nitrogens is 2. The number of rotatable bonds is 10. The number of fused-ring (bicyclic) bond motifs is 4. The Bertz CT molecular complexity index is 2800. The number of hydrogen-bond acceptors (Lipinski definition) is 15. The molecule has 0 saturated carbocycles. The Hall–Kier alpha value is -6.44. The molecule has 0 amide bonds. The molecule has 4 aliphatic rings. The van der Waals surface area contributed by atoms with E-state index in [1.807, 2.05) is 84.9 Å². The van der Waals surface area contributed by atoms with Crippen LogP contribution in [-0.2, 0) is 41.5 Å². The van der Waals surface area contributed by atoms with Gasteiger partial charge < -0.3 is 62.7 Å². The van der Waals surface area contributed by atoms with E-state index in [-0.39, 0.29) is 74.5 Å². The second-order valence-corrected chi connectivity index (χ2v) is 16.2. The van der Waals surface area contributed by atoms with Gasteiger partial charge in [0.25, 0.3) is 11.1 Å². The molecular weight excluding hydrogens is 869 g/mol. The molecule has 4 N–H and O–H groups in total. The molecule has 6 heterocycles. The molecule has 4 fully saturated rings. The molecule has 0 radical (unpaired) electrons. The van der Waals surface area contributed by atoms with Crippen LogP contribution in [0.15, 0.2) is 119 Å². The number of hydrogen-bond donors (Lipinski definition) is 4. The molecule has 4 saturated heterocycles. The second-order valence-electron chi connectivity index (χ2n) is 16.2. The van der Waals surface area contributed by atoms with Crippen molar-refractivity contribution in [3.05, 3.63) is 152 Å². The third-order valence-corrected chi connectivity index (χ3v) is 11.8. The van der Waals surface area contributed by atoms with Crippen molar-refractivity contribution >= 4 is 33.7 Å². The van der Waals surface area contributed by atoms with Gasteiger partial charge in [0.1, 0.15) is 54.2 Å². The van der Waals surface area contributed by atoms with Crippen molar-refractivity contribution in [1.82, 2.24) is 9.13 Å². The zero-order valence-electron chi connectivity index (χ0n) is 36.8. The lowest BCUT2D eigenvalue weighted by atomic mass is 10.1. The fraction of sp³-hybridized carbons (Fsp3) is 0.360. The molecule has 0 aliphatic carbocycles. The fourth-order valence-electron chi connectivity index (χ4n) is 8.66. The molecule has 17 heteroatoms. The normalized spacial score (nSPS) is 23.7. The molecule has 0 spiro atoms. The Morgan fingerprint density at radius 2 is 0.955 bits per heavy atom. The highest BCUT2D eigenvalue weighted by Crippen LogP contribution is 2.35. The number of esters is 2. The molecule has 67 heavy (non-hydrogen) atoms. The van der Waals surface area contributed by atoms with E-state index in [2.05, 4.69) is 0 Å². The van der Waals surface area contributed by atoms with Crippen molar-refractivity contribution in [1.29, 1.82) is 0 Å². The van der Waals surface area contributed by atoms with Crippen LogP contribution in [0.2, 0.25) is 0 Å². The number of aliphatic hydroxyl groups excluding tert-OH is 3. The molecule has 10 rings (SSSR count). The van der Waals surface area contributed by atoms with Crippen molar-refractivity contribution < 1.29 is 63.2 Å². The fourth-order valence-corrected chi connectivity index (χ4v) is 8.66. The van der Waals surface area contributed by atoms with Crippen LogP contribution in [0.25, 0.3) is 21.8 Å². The molecule has 17 nitrogen and oxygen atoms in total. The molecule has 0 bridgehead atoms. The number of aromatic hydroxyl groups is 1. The van der Waals surface area contributed by atoms with Crippen LogP contribution in [-0.4, -0.2) is 130 Å². The van der Waals surface area contributed by atoms with Gasteiger partial charge in [0, 0.05) is 10.8 Å². The average molecular weight is 921 g/mol. The molecule has 352 valence electrons. The van der Waals surface area contributed by atoms with Crippen molar-refractivity contribution in [2.75, 3.05) is 39.6 Å². The maximum atomic E-state index is 13.7. The summed E-state index contributed by atoms with van der Waals surface area (Å²) in [6.07, 6.45) is -3.99. The van der Waals surface area contributed by atoms with Gasteiger partial charge in [0.15, 0.2) is 17.2 Å². The van der Waals surface area contributed by atoms with E-state index in [0.717, 1.165) is 11.1 Å². The Morgan fingerprint density at radius 1 is 0.552 bits per heavy atom. The Kier molecular flexibility index (Phi) is 14.8. The Morgan fingerprint density at radius 3 is 1.48 bits per heavy atom. The van der Waals surface area contributed by atoms with E-state index < -0.39 is 59.7 Å². The summed E-state index contributed by atoms with van der Waals surface area (Å²) >= 11 is 0. The molecule has 4 aliphatic heterocycles. The van der Waals surface area contributed by atoms with Gasteiger partial charge in [0.05, 0.1) is 63.8 Å². The number of pyridine rings is 2. The van der Waals surface area contributed by atoms with Crippen LogP contribution in [0, 0.1) is 0 Å². The van der Waals surface area contributed by atoms with Gasteiger partial charge in [0.2, 0.25) is 0 Å². The molecule has 2 aromatic heterocycles. The topological polar surface area (TPSA) is 224 Å². The number of carbonyl (C=O) groups excluding carboxylic acids is 2. The van der Waals surface area contributed by atoms with Gasteiger partial charge >= 0.3 is 11.9 Å². The van der Waals surface area contributed by atoms with Gasteiger partial charge in [-0.15, -0.1) is 0 Å². The molecule has 4 aromatic carbocycles. The third-order valence-electron chi connectivity index (χ3n) is 11.8. The Balaban J connectivity index is 0.000000155. The lowest BCUT2D eigenvalue weighted by molar-refractivity contribution is 0.00205. The summed E-state index contributed by atoms with van der Waals surface area (Å²) in [6.45, 7) is 5.07. The van der Waals surface area contributed by atoms with E-state index in [9.17, 15) is 29.4 Å². The third kappa shape index (κ3) is 9.85. The summed E-state index contributed by atoms with van der Waals surface area (Å²) in [4.78, 5) is 51.6. The number of aliphatic hydroxyl groups is 3. The lowest BCUT2D eigenvalue weighted by Crippen LogP contribution is -2.36. The van der Waals surface area contributed by atoms with Crippen LogP contribution in [0.5, 0.6) is 11.5 Å². The van der Waals surface area contributed by atoms with E-state index >= 15 is 0 Å². The largest absolute Gasteiger partial charge is 0.506 e. The first-order valence-electron chi connectivity index (χ1n) is 22.1. The summed E-state index contributed by atoms with van der Waals surface area (Å²) in [5.41, 5.74) is 1.51. The van der Waals surface area contributed by atoms with E-state index in [4.69, 9.17) is 43.4 Å². The highest BCUT2D eigenvalue weighted by Gasteiger charge is 2.49. The van der Waals surface area contributed by atoms with Crippen molar-refractivity contribution in [3.8, 4) is 11.5 Å². The number of benzene rings is 4. The SMILES string of the molecule is CCOC(=O)c1c(O)c2ccccc2n(Cc2ccccc2)c1=O.CCOC(=O)c1c(OC2CO[C@H]3[C@@H]2OC[C@@H]3O)c2ccccc2n(Cc2ccccc2)c1=O.OC1CO[C@H]2[C@@H]1OC[C@@H]2O. The summed E-state index contributed by atoms with van der Waals surface area (Å²) in [6, 6.07) is 33.3. The minimum atomic E-state index is -0.812. The monoisotopic (exact) mass is 920 g/mol. The highest BCUT2D eigenvalue weighted by molar-refractivity contribution is 6.00. The van der Waals surface area contributed by atoms with Crippen LogP contribution in [0.3, 0.4) is 0 Å². The van der Waals surface area contributed by atoms with E-state index in [0.29, 0.717) is 34.9 Å². The number of carbonyl (C=O) groups is 2. The van der Waals surface area contributed by atoms with Gasteiger partial charge in [-0.1, -0.05) is 84.9 Å². The molecular formula is C50H52N2O15. The smallest absolute Gasteiger partial charge is 0.347 e. The number of para-hydroxylation sites is 2. The molecule has 8 atom stereocenters. The quantitative estimate of drug-likeness (QED) is 0.144. The van der Waals surface area contributed by atoms with Crippen LogP contribution >= 0.6 is 0 Å². The van der Waals surface area contributed by atoms with Crippen molar-refractivity contribution in [2.24, 2.45) is 0 Å². The lowest BCUT2D eigenvalue weighted by Gasteiger charge is -2.22. The Labute approximate surface area is 384 Å². The minimum absolute atomic E-state index is 0.121.